The molecule has 0 aliphatic carbocycles. The molecule has 4 aromatic rings. The van der Waals surface area contributed by atoms with Crippen LogP contribution in [0.1, 0.15) is 63.0 Å². The zero-order valence-electron chi connectivity index (χ0n) is 32.7. The SMILES string of the molecule is COc1cc2nc3c(cc2c(OC)c1OC)CN(C(=O)Cn1c(C)cc(C)nc1=O)CCCCN(C(=O)c1sc(C)nc1C)CC(=O)NCC1CCCN3C1. The molecule has 6 rings (SSSR count). The predicted octanol–water partition coefficient (Wildman–Crippen LogP) is 3.81. The summed E-state index contributed by atoms with van der Waals surface area (Å²) in [6.07, 6.45) is 2.82. The number of methoxy groups -OCH3 is 3. The molecule has 0 saturated carbocycles. The molecule has 294 valence electrons. The topological polar surface area (TPSA) is 161 Å². The first kappa shape index (κ1) is 39.4. The molecule has 1 saturated heterocycles. The van der Waals surface area contributed by atoms with Gasteiger partial charge < -0.3 is 34.2 Å². The number of hydrogen-bond donors (Lipinski definition) is 1. The summed E-state index contributed by atoms with van der Waals surface area (Å²) in [6.45, 7) is 9.55. The molecule has 0 radical (unpaired) electrons. The number of pyridine rings is 1. The van der Waals surface area contributed by atoms with Crippen LogP contribution in [0.2, 0.25) is 0 Å². The minimum atomic E-state index is -0.487. The van der Waals surface area contributed by atoms with Gasteiger partial charge in [0, 0.05) is 67.7 Å². The Morgan fingerprint density at radius 3 is 2.29 bits per heavy atom. The number of anilines is 1. The van der Waals surface area contributed by atoms with Crippen LogP contribution in [0.15, 0.2) is 23.0 Å². The van der Waals surface area contributed by atoms with Gasteiger partial charge in [-0.25, -0.2) is 14.8 Å². The number of fused-ring (bicyclic) bond motifs is 5. The molecule has 5 heterocycles. The molecular formula is C39H50N8O7S. The standard InChI is InChI=1S/C39H50N8O7S/c1-23-15-24(2)47(39(51)41-23)22-33(49)44-12-8-9-13-46(38(50)36-25(3)42-26(4)55-36)21-32(48)40-18-27-11-10-14-45(19-27)37-28(20-44)16-29-30(43-37)17-31(52-5)35(54-7)34(29)53-6/h15-17,27H,8-14,18-22H2,1-7H3,(H,40,48). The monoisotopic (exact) mass is 774 g/mol. The summed E-state index contributed by atoms with van der Waals surface area (Å²) in [5, 5.41) is 4.58. The van der Waals surface area contributed by atoms with Crippen LogP contribution >= 0.6 is 11.3 Å². The second-order valence-electron chi connectivity index (χ2n) is 14.2. The number of hydrogen-bond acceptors (Lipinski definition) is 12. The molecule has 1 N–H and O–H groups in total. The van der Waals surface area contributed by atoms with E-state index in [-0.39, 0.29) is 43.3 Å². The third-order valence-electron chi connectivity index (χ3n) is 10.3. The van der Waals surface area contributed by atoms with Crippen molar-refractivity contribution in [3.8, 4) is 17.2 Å². The van der Waals surface area contributed by atoms with E-state index < -0.39 is 5.69 Å². The van der Waals surface area contributed by atoms with Gasteiger partial charge in [-0.05, 0) is 71.4 Å². The van der Waals surface area contributed by atoms with Crippen LogP contribution in [0, 0.1) is 33.6 Å². The molecule has 3 aromatic heterocycles. The minimum absolute atomic E-state index is 0.0829. The van der Waals surface area contributed by atoms with Crippen LogP contribution in [0.5, 0.6) is 17.2 Å². The molecule has 1 atom stereocenters. The number of piperidine rings is 1. The van der Waals surface area contributed by atoms with Gasteiger partial charge in [0.1, 0.15) is 17.2 Å². The van der Waals surface area contributed by atoms with Crippen LogP contribution in [0.4, 0.5) is 5.82 Å². The highest BCUT2D eigenvalue weighted by atomic mass is 32.1. The Bertz CT molecular complexity index is 2150. The summed E-state index contributed by atoms with van der Waals surface area (Å²) in [4.78, 5) is 74.4. The van der Waals surface area contributed by atoms with Crippen LogP contribution in [0.3, 0.4) is 0 Å². The number of amides is 3. The smallest absolute Gasteiger partial charge is 0.348 e. The molecule has 2 aliphatic rings. The van der Waals surface area contributed by atoms with Crippen LogP contribution in [0.25, 0.3) is 10.9 Å². The van der Waals surface area contributed by atoms with Gasteiger partial charge in [-0.15, -0.1) is 11.3 Å². The highest BCUT2D eigenvalue weighted by Crippen LogP contribution is 2.44. The number of thiazole rings is 1. The van der Waals surface area contributed by atoms with Gasteiger partial charge in [0.25, 0.3) is 5.91 Å². The highest BCUT2D eigenvalue weighted by molar-refractivity contribution is 7.13. The normalized spacial score (nSPS) is 17.1. The maximum Gasteiger partial charge on any atom is 0.348 e. The summed E-state index contributed by atoms with van der Waals surface area (Å²) in [6, 6.07) is 5.60. The second-order valence-corrected chi connectivity index (χ2v) is 15.4. The number of nitrogens with zero attached hydrogens (tertiary/aromatic N) is 7. The molecule has 2 aliphatic heterocycles. The number of ether oxygens (including phenoxy) is 3. The van der Waals surface area contributed by atoms with Crippen LogP contribution in [-0.4, -0.2) is 108 Å². The fourth-order valence-corrected chi connectivity index (χ4v) is 8.44. The van der Waals surface area contributed by atoms with Gasteiger partial charge in [-0.1, -0.05) is 0 Å². The molecule has 2 bridgehead atoms. The van der Waals surface area contributed by atoms with Crippen molar-refractivity contribution in [3.63, 3.8) is 0 Å². The van der Waals surface area contributed by atoms with Crippen LogP contribution < -0.4 is 30.1 Å². The predicted molar refractivity (Wildman–Crippen MR) is 209 cm³/mol. The van der Waals surface area contributed by atoms with E-state index in [1.165, 1.54) is 15.9 Å². The van der Waals surface area contributed by atoms with Crippen molar-refractivity contribution in [1.29, 1.82) is 0 Å². The first-order chi connectivity index (χ1) is 26.4. The number of rotatable bonds is 6. The molecule has 3 amide bonds. The lowest BCUT2D eigenvalue weighted by Crippen LogP contribution is -2.46. The Hall–Kier alpha value is -5.25. The lowest BCUT2D eigenvalue weighted by atomic mass is 9.97. The summed E-state index contributed by atoms with van der Waals surface area (Å²) in [7, 11) is 4.68. The van der Waals surface area contributed by atoms with Gasteiger partial charge in [-0.2, -0.15) is 4.98 Å². The van der Waals surface area contributed by atoms with Crippen LogP contribution in [-0.2, 0) is 22.7 Å². The van der Waals surface area contributed by atoms with Crippen molar-refractivity contribution in [3.05, 3.63) is 61.2 Å². The number of aromatic nitrogens is 4. The van der Waals surface area contributed by atoms with Crippen molar-refractivity contribution in [1.82, 2.24) is 34.6 Å². The quantitative estimate of drug-likeness (QED) is 0.304. The summed E-state index contributed by atoms with van der Waals surface area (Å²) in [5.41, 5.74) is 2.81. The van der Waals surface area contributed by atoms with E-state index in [0.717, 1.165) is 35.8 Å². The Kier molecular flexibility index (Phi) is 12.2. The van der Waals surface area contributed by atoms with Gasteiger partial charge in [0.2, 0.25) is 17.6 Å². The molecule has 1 unspecified atom stereocenters. The van der Waals surface area contributed by atoms with E-state index in [1.807, 2.05) is 19.1 Å². The Labute approximate surface area is 324 Å². The van der Waals surface area contributed by atoms with E-state index in [9.17, 15) is 19.2 Å². The minimum Gasteiger partial charge on any atom is -0.493 e. The third-order valence-corrected chi connectivity index (χ3v) is 11.3. The largest absolute Gasteiger partial charge is 0.493 e. The Morgan fingerprint density at radius 2 is 1.62 bits per heavy atom. The van der Waals surface area contributed by atoms with Gasteiger partial charge >= 0.3 is 5.69 Å². The maximum absolute atomic E-state index is 14.4. The van der Waals surface area contributed by atoms with E-state index in [1.54, 1.807) is 58.0 Å². The molecule has 0 spiro atoms. The van der Waals surface area contributed by atoms with Crippen molar-refractivity contribution < 1.29 is 28.6 Å². The Morgan fingerprint density at radius 1 is 0.873 bits per heavy atom. The molecule has 16 heteroatoms. The number of carbonyl (C=O) groups excluding carboxylic acids is 3. The number of benzene rings is 1. The molecule has 55 heavy (non-hydrogen) atoms. The molecule has 1 fully saturated rings. The first-order valence-corrected chi connectivity index (χ1v) is 19.4. The van der Waals surface area contributed by atoms with E-state index >= 15 is 0 Å². The highest BCUT2D eigenvalue weighted by Gasteiger charge is 2.29. The van der Waals surface area contributed by atoms with Gasteiger partial charge in [-0.3, -0.25) is 19.0 Å². The van der Waals surface area contributed by atoms with E-state index in [2.05, 4.69) is 20.2 Å². The fourth-order valence-electron chi connectivity index (χ4n) is 7.55. The third kappa shape index (κ3) is 8.69. The van der Waals surface area contributed by atoms with Crippen molar-refractivity contribution in [2.24, 2.45) is 5.92 Å². The fraction of sp³-hybridized carbons (Fsp3) is 0.513. The van der Waals surface area contributed by atoms with Crippen molar-refractivity contribution in [2.75, 3.05) is 65.5 Å². The zero-order valence-corrected chi connectivity index (χ0v) is 33.5. The number of nitrogens with one attached hydrogen (secondary N) is 1. The second kappa shape index (κ2) is 17.0. The van der Waals surface area contributed by atoms with Gasteiger partial charge in [0.15, 0.2) is 11.5 Å². The molecule has 15 nitrogen and oxygen atoms in total. The lowest BCUT2D eigenvalue weighted by Gasteiger charge is -2.36. The average molecular weight is 775 g/mol. The lowest BCUT2D eigenvalue weighted by molar-refractivity contribution is -0.132. The van der Waals surface area contributed by atoms with Crippen molar-refractivity contribution >= 4 is 45.8 Å². The van der Waals surface area contributed by atoms with Crippen molar-refractivity contribution in [2.45, 2.75) is 66.5 Å². The average Bonchev–Trinajstić information content (AvgIpc) is 3.51. The summed E-state index contributed by atoms with van der Waals surface area (Å²) < 4.78 is 18.6. The first-order valence-electron chi connectivity index (χ1n) is 18.6. The zero-order chi connectivity index (χ0) is 39.4. The van der Waals surface area contributed by atoms with E-state index in [4.69, 9.17) is 19.2 Å². The number of carbonyl (C=O) groups is 3. The molecular weight excluding hydrogens is 725 g/mol. The van der Waals surface area contributed by atoms with Gasteiger partial charge in [0.05, 0.1) is 44.1 Å². The summed E-state index contributed by atoms with van der Waals surface area (Å²) >= 11 is 1.32. The number of aryl methyl sites for hydroxylation is 4. The molecule has 1 aromatic carbocycles. The Balaban J connectivity index is 1.42. The maximum atomic E-state index is 14.4. The summed E-state index contributed by atoms with van der Waals surface area (Å²) in [5.74, 6) is 1.49. The van der Waals surface area contributed by atoms with E-state index in [0.29, 0.717) is 89.1 Å².